The Bertz CT molecular complexity index is 449. The number of halogens is 1. The fourth-order valence-corrected chi connectivity index (χ4v) is 3.70. The van der Waals surface area contributed by atoms with Gasteiger partial charge in [-0.15, -0.1) is 0 Å². The van der Waals surface area contributed by atoms with Crippen molar-refractivity contribution in [2.75, 3.05) is 13.1 Å². The molecule has 0 spiro atoms. The highest BCUT2D eigenvalue weighted by Gasteiger charge is 2.23. The molecular weight excluding hydrogens is 328 g/mol. The number of nitrogens with one attached hydrogen (secondary N) is 1. The van der Waals surface area contributed by atoms with E-state index < -0.39 is 0 Å². The summed E-state index contributed by atoms with van der Waals surface area (Å²) in [6, 6.07) is 1.19. The van der Waals surface area contributed by atoms with Gasteiger partial charge in [-0.3, -0.25) is 9.58 Å². The molecule has 0 amide bonds. The molecule has 5 heteroatoms. The first-order chi connectivity index (χ1) is 10.1. The summed E-state index contributed by atoms with van der Waals surface area (Å²) >= 11 is 3.77. The minimum absolute atomic E-state index is 0.546. The molecule has 2 heterocycles. The largest absolute Gasteiger partial charge is 0.313 e. The first kappa shape index (κ1) is 17.0. The predicted octanol–water partition coefficient (Wildman–Crippen LogP) is 3.19. The standard InChI is InChI=1S/C16H29BrN4/c1-5-14-16(17)15(21(6-2)19-14)11-20(12(3)4)10-13-8-7-9-18-13/h12-13,18H,5-11H2,1-4H3. The molecule has 4 nitrogen and oxygen atoms in total. The maximum atomic E-state index is 4.72. The smallest absolute Gasteiger partial charge is 0.0767 e. The first-order valence-corrected chi connectivity index (χ1v) is 9.07. The quantitative estimate of drug-likeness (QED) is 0.814. The summed E-state index contributed by atoms with van der Waals surface area (Å²) in [7, 11) is 0. The van der Waals surface area contributed by atoms with Gasteiger partial charge in [-0.25, -0.2) is 0 Å². The van der Waals surface area contributed by atoms with Gasteiger partial charge in [0.1, 0.15) is 0 Å². The van der Waals surface area contributed by atoms with Crippen molar-refractivity contribution in [2.24, 2.45) is 0 Å². The number of rotatable bonds is 7. The summed E-state index contributed by atoms with van der Waals surface area (Å²) in [6.45, 7) is 13.1. The summed E-state index contributed by atoms with van der Waals surface area (Å²) in [6.07, 6.45) is 3.59. The molecule has 1 aliphatic rings. The van der Waals surface area contributed by atoms with E-state index in [4.69, 9.17) is 5.10 Å². The Balaban J connectivity index is 2.13. The Kier molecular flexibility index (Phi) is 6.26. The molecule has 2 rings (SSSR count). The fraction of sp³-hybridized carbons (Fsp3) is 0.812. The van der Waals surface area contributed by atoms with E-state index in [9.17, 15) is 0 Å². The summed E-state index contributed by atoms with van der Waals surface area (Å²) in [5.74, 6) is 0. The first-order valence-electron chi connectivity index (χ1n) is 8.28. The molecule has 1 fully saturated rings. The van der Waals surface area contributed by atoms with E-state index in [-0.39, 0.29) is 0 Å². The second-order valence-corrected chi connectivity index (χ2v) is 6.99. The van der Waals surface area contributed by atoms with Crippen LogP contribution in [0.2, 0.25) is 0 Å². The average Bonchev–Trinajstić information content (AvgIpc) is 3.07. The molecule has 0 radical (unpaired) electrons. The third-order valence-corrected chi connectivity index (χ3v) is 5.31. The zero-order chi connectivity index (χ0) is 15.4. The van der Waals surface area contributed by atoms with Gasteiger partial charge in [0.25, 0.3) is 0 Å². The van der Waals surface area contributed by atoms with Crippen molar-refractivity contribution in [1.82, 2.24) is 20.0 Å². The third kappa shape index (κ3) is 4.08. The highest BCUT2D eigenvalue weighted by molar-refractivity contribution is 9.10. The molecular formula is C16H29BrN4. The van der Waals surface area contributed by atoms with Gasteiger partial charge in [0, 0.05) is 31.7 Å². The number of aryl methyl sites for hydroxylation is 2. The van der Waals surface area contributed by atoms with Crippen LogP contribution in [0.3, 0.4) is 0 Å². The van der Waals surface area contributed by atoms with Crippen LogP contribution in [0.1, 0.15) is 51.9 Å². The summed E-state index contributed by atoms with van der Waals surface area (Å²) in [4.78, 5) is 2.57. The Morgan fingerprint density at radius 1 is 1.43 bits per heavy atom. The van der Waals surface area contributed by atoms with Crippen molar-refractivity contribution in [1.29, 1.82) is 0 Å². The summed E-state index contributed by atoms with van der Waals surface area (Å²) in [5.41, 5.74) is 2.50. The summed E-state index contributed by atoms with van der Waals surface area (Å²) in [5, 5.41) is 8.33. The van der Waals surface area contributed by atoms with Gasteiger partial charge >= 0.3 is 0 Å². The molecule has 1 aromatic heterocycles. The Morgan fingerprint density at radius 3 is 2.71 bits per heavy atom. The van der Waals surface area contributed by atoms with Crippen LogP contribution in [0.15, 0.2) is 4.47 Å². The normalized spacial score (nSPS) is 19.1. The Hall–Kier alpha value is -0.390. The second kappa shape index (κ2) is 7.75. The predicted molar refractivity (Wildman–Crippen MR) is 91.5 cm³/mol. The lowest BCUT2D eigenvalue weighted by molar-refractivity contribution is 0.188. The van der Waals surface area contributed by atoms with Crippen molar-refractivity contribution >= 4 is 15.9 Å². The molecule has 1 aliphatic heterocycles. The van der Waals surface area contributed by atoms with E-state index in [0.717, 1.165) is 26.1 Å². The van der Waals surface area contributed by atoms with Crippen LogP contribution in [-0.2, 0) is 19.5 Å². The molecule has 120 valence electrons. The number of hydrogen-bond acceptors (Lipinski definition) is 3. The maximum Gasteiger partial charge on any atom is 0.0767 e. The van der Waals surface area contributed by atoms with Crippen LogP contribution in [-0.4, -0.2) is 39.9 Å². The van der Waals surface area contributed by atoms with Crippen molar-refractivity contribution in [3.63, 3.8) is 0 Å². The van der Waals surface area contributed by atoms with Crippen LogP contribution in [0.4, 0.5) is 0 Å². The van der Waals surface area contributed by atoms with E-state index in [1.807, 2.05) is 0 Å². The highest BCUT2D eigenvalue weighted by Crippen LogP contribution is 2.24. The van der Waals surface area contributed by atoms with Crippen LogP contribution < -0.4 is 5.32 Å². The molecule has 1 atom stereocenters. The molecule has 0 bridgehead atoms. The van der Waals surface area contributed by atoms with Gasteiger partial charge < -0.3 is 5.32 Å². The van der Waals surface area contributed by atoms with Crippen molar-refractivity contribution in [3.8, 4) is 0 Å². The van der Waals surface area contributed by atoms with Crippen LogP contribution in [0, 0.1) is 0 Å². The van der Waals surface area contributed by atoms with Crippen molar-refractivity contribution < 1.29 is 0 Å². The molecule has 0 aliphatic carbocycles. The lowest BCUT2D eigenvalue weighted by Crippen LogP contribution is -2.41. The lowest BCUT2D eigenvalue weighted by atomic mass is 10.1. The van der Waals surface area contributed by atoms with E-state index in [1.165, 1.54) is 35.2 Å². The van der Waals surface area contributed by atoms with Crippen LogP contribution >= 0.6 is 15.9 Å². The molecule has 21 heavy (non-hydrogen) atoms. The Labute approximate surface area is 137 Å². The minimum Gasteiger partial charge on any atom is -0.313 e. The topological polar surface area (TPSA) is 33.1 Å². The molecule has 0 saturated carbocycles. The van der Waals surface area contributed by atoms with Crippen LogP contribution in [0.5, 0.6) is 0 Å². The zero-order valence-corrected chi connectivity index (χ0v) is 15.4. The molecule has 1 aromatic rings. The molecule has 0 aromatic carbocycles. The van der Waals surface area contributed by atoms with Gasteiger partial charge in [0.15, 0.2) is 0 Å². The second-order valence-electron chi connectivity index (χ2n) is 6.19. The van der Waals surface area contributed by atoms with E-state index in [1.54, 1.807) is 0 Å². The van der Waals surface area contributed by atoms with E-state index in [0.29, 0.717) is 12.1 Å². The maximum absolute atomic E-state index is 4.72. The molecule has 1 unspecified atom stereocenters. The fourth-order valence-electron chi connectivity index (χ4n) is 3.01. The molecule has 1 N–H and O–H groups in total. The van der Waals surface area contributed by atoms with Crippen molar-refractivity contribution in [3.05, 3.63) is 15.9 Å². The van der Waals surface area contributed by atoms with Gasteiger partial charge in [-0.1, -0.05) is 6.92 Å². The SMILES string of the molecule is CCc1nn(CC)c(CN(CC2CCCN2)C(C)C)c1Br. The van der Waals surface area contributed by atoms with Crippen LogP contribution in [0.25, 0.3) is 0 Å². The van der Waals surface area contributed by atoms with Gasteiger partial charge in [-0.2, -0.15) is 5.10 Å². The molecule has 1 saturated heterocycles. The van der Waals surface area contributed by atoms with Gasteiger partial charge in [-0.05, 0) is 62.5 Å². The minimum atomic E-state index is 0.546. The number of hydrogen-bond donors (Lipinski definition) is 1. The van der Waals surface area contributed by atoms with Gasteiger partial charge in [0.05, 0.1) is 15.9 Å². The van der Waals surface area contributed by atoms with E-state index in [2.05, 4.69) is 58.5 Å². The number of nitrogens with zero attached hydrogens (tertiary/aromatic N) is 3. The van der Waals surface area contributed by atoms with Gasteiger partial charge in [0.2, 0.25) is 0 Å². The van der Waals surface area contributed by atoms with Crippen molar-refractivity contribution in [2.45, 2.75) is 72.1 Å². The lowest BCUT2D eigenvalue weighted by Gasteiger charge is -2.29. The number of aromatic nitrogens is 2. The highest BCUT2D eigenvalue weighted by atomic mass is 79.9. The monoisotopic (exact) mass is 356 g/mol. The zero-order valence-electron chi connectivity index (χ0n) is 13.8. The summed E-state index contributed by atoms with van der Waals surface area (Å²) < 4.78 is 3.36. The Morgan fingerprint density at radius 2 is 2.19 bits per heavy atom. The average molecular weight is 357 g/mol. The third-order valence-electron chi connectivity index (χ3n) is 4.39. The van der Waals surface area contributed by atoms with E-state index >= 15 is 0 Å².